The molecule has 4 aromatic rings. The fourth-order valence-corrected chi connectivity index (χ4v) is 3.86. The smallest absolute Gasteiger partial charge is 0.323 e. The predicted molar refractivity (Wildman–Crippen MR) is 137 cm³/mol. The number of aromatic nitrogens is 1. The molecule has 34 heavy (non-hydrogen) atoms. The number of aromatic amines is 1. The van der Waals surface area contributed by atoms with E-state index >= 15 is 0 Å². The number of carbonyl (C=O) groups excluding carboxylic acids is 2. The number of H-pyrrole nitrogens is 1. The van der Waals surface area contributed by atoms with Gasteiger partial charge in [-0.25, -0.2) is 4.79 Å². The fraction of sp³-hybridized carbons (Fsp3) is 0.0370. The summed E-state index contributed by atoms with van der Waals surface area (Å²) >= 11 is 0. The molecule has 7 heteroatoms. The molecule has 5 N–H and O–H groups in total. The molecule has 1 aliphatic rings. The highest BCUT2D eigenvalue weighted by Crippen LogP contribution is 2.35. The standard InChI is InChI=1S/C27H23N5O2/c1-17-5-2-6-19(13-17)30-27(34)31-21-8-3-7-20(14-21)29-22-10-11-23-24(15-18-9-4-12-28-18)26(33)32-25(23)16-22/h2-16,28-29H,1H3,(H,32,33)(H2,30,31,34). The molecule has 0 bridgehead atoms. The van der Waals surface area contributed by atoms with Gasteiger partial charge in [-0.15, -0.1) is 0 Å². The van der Waals surface area contributed by atoms with Crippen LogP contribution in [0.15, 0.2) is 85.1 Å². The van der Waals surface area contributed by atoms with Crippen molar-refractivity contribution in [2.24, 2.45) is 0 Å². The molecule has 0 atom stereocenters. The third-order valence-corrected chi connectivity index (χ3v) is 5.41. The second-order valence-electron chi connectivity index (χ2n) is 8.05. The van der Waals surface area contributed by atoms with Crippen molar-refractivity contribution in [1.82, 2.24) is 4.98 Å². The van der Waals surface area contributed by atoms with Crippen LogP contribution in [0.1, 0.15) is 16.8 Å². The van der Waals surface area contributed by atoms with Crippen LogP contribution in [0.4, 0.5) is 33.2 Å². The molecule has 5 rings (SSSR count). The third-order valence-electron chi connectivity index (χ3n) is 5.41. The van der Waals surface area contributed by atoms with E-state index in [0.29, 0.717) is 11.3 Å². The van der Waals surface area contributed by atoms with Crippen molar-refractivity contribution in [3.63, 3.8) is 0 Å². The second-order valence-corrected chi connectivity index (χ2v) is 8.05. The number of benzene rings is 3. The van der Waals surface area contributed by atoms with Gasteiger partial charge in [0.1, 0.15) is 0 Å². The molecular formula is C27H23N5O2. The van der Waals surface area contributed by atoms with Crippen molar-refractivity contribution in [3.8, 4) is 0 Å². The highest BCUT2D eigenvalue weighted by molar-refractivity contribution is 6.35. The van der Waals surface area contributed by atoms with Gasteiger partial charge in [0.05, 0.1) is 11.3 Å². The Bertz CT molecular complexity index is 1410. The molecule has 0 radical (unpaired) electrons. The zero-order chi connectivity index (χ0) is 23.5. The normalized spacial score (nSPS) is 13.3. The lowest BCUT2D eigenvalue weighted by Crippen LogP contribution is -2.19. The average Bonchev–Trinajstić information content (AvgIpc) is 3.42. The van der Waals surface area contributed by atoms with Gasteiger partial charge in [-0.1, -0.05) is 24.3 Å². The first-order valence-corrected chi connectivity index (χ1v) is 10.9. The molecule has 0 aliphatic carbocycles. The topological polar surface area (TPSA) is 98.0 Å². The van der Waals surface area contributed by atoms with E-state index in [0.717, 1.165) is 39.6 Å². The van der Waals surface area contributed by atoms with E-state index in [1.54, 1.807) is 0 Å². The van der Waals surface area contributed by atoms with E-state index in [1.165, 1.54) is 0 Å². The Morgan fingerprint density at radius 3 is 2.32 bits per heavy atom. The zero-order valence-corrected chi connectivity index (χ0v) is 18.5. The van der Waals surface area contributed by atoms with E-state index in [-0.39, 0.29) is 11.9 Å². The minimum atomic E-state index is -0.315. The van der Waals surface area contributed by atoms with Crippen LogP contribution in [0.5, 0.6) is 0 Å². The van der Waals surface area contributed by atoms with E-state index in [2.05, 4.69) is 26.3 Å². The minimum Gasteiger partial charge on any atom is -0.362 e. The van der Waals surface area contributed by atoms with Gasteiger partial charge in [0.15, 0.2) is 0 Å². The van der Waals surface area contributed by atoms with Gasteiger partial charge in [-0.05, 0) is 73.2 Å². The van der Waals surface area contributed by atoms with Gasteiger partial charge in [-0.3, -0.25) is 4.79 Å². The van der Waals surface area contributed by atoms with Crippen LogP contribution in [0.3, 0.4) is 0 Å². The molecule has 3 aromatic carbocycles. The van der Waals surface area contributed by atoms with Crippen molar-refractivity contribution in [2.75, 3.05) is 21.3 Å². The van der Waals surface area contributed by atoms with E-state index in [1.807, 2.05) is 98.1 Å². The maximum absolute atomic E-state index is 12.5. The third kappa shape index (κ3) is 4.68. The van der Waals surface area contributed by atoms with Crippen molar-refractivity contribution in [2.45, 2.75) is 6.92 Å². The molecule has 7 nitrogen and oxygen atoms in total. The van der Waals surface area contributed by atoms with Crippen LogP contribution in [0.2, 0.25) is 0 Å². The van der Waals surface area contributed by atoms with Crippen molar-refractivity contribution in [1.29, 1.82) is 0 Å². The Kier molecular flexibility index (Phi) is 5.58. The SMILES string of the molecule is Cc1cccc(NC(=O)Nc2cccc(Nc3ccc4c(c3)NC(=O)C4=Cc3ccc[nH]3)c2)c1. The summed E-state index contributed by atoms with van der Waals surface area (Å²) in [7, 11) is 0. The Hall–Kier alpha value is -4.78. The Morgan fingerprint density at radius 1 is 0.824 bits per heavy atom. The number of carbonyl (C=O) groups is 2. The summed E-state index contributed by atoms with van der Waals surface area (Å²) in [6, 6.07) is 24.3. The van der Waals surface area contributed by atoms with E-state index in [4.69, 9.17) is 0 Å². The monoisotopic (exact) mass is 449 g/mol. The molecule has 1 aromatic heterocycles. The summed E-state index contributed by atoms with van der Waals surface area (Å²) in [5.41, 5.74) is 7.18. The number of nitrogens with one attached hydrogen (secondary N) is 5. The molecule has 0 spiro atoms. The molecule has 0 fully saturated rings. The lowest BCUT2D eigenvalue weighted by molar-refractivity contribution is -0.110. The molecule has 168 valence electrons. The fourth-order valence-electron chi connectivity index (χ4n) is 3.86. The molecular weight excluding hydrogens is 426 g/mol. The summed E-state index contributed by atoms with van der Waals surface area (Å²) < 4.78 is 0. The molecule has 2 heterocycles. The molecule has 0 saturated carbocycles. The van der Waals surface area contributed by atoms with Gasteiger partial charge in [0.2, 0.25) is 0 Å². The summed E-state index contributed by atoms with van der Waals surface area (Å²) in [4.78, 5) is 27.9. The maximum atomic E-state index is 12.5. The Morgan fingerprint density at radius 2 is 1.56 bits per heavy atom. The number of fused-ring (bicyclic) bond motifs is 1. The van der Waals surface area contributed by atoms with Crippen LogP contribution >= 0.6 is 0 Å². The van der Waals surface area contributed by atoms with Crippen LogP contribution < -0.4 is 21.3 Å². The highest BCUT2D eigenvalue weighted by atomic mass is 16.2. The van der Waals surface area contributed by atoms with Crippen LogP contribution in [-0.2, 0) is 4.79 Å². The summed E-state index contributed by atoms with van der Waals surface area (Å²) in [5.74, 6) is -0.132. The minimum absolute atomic E-state index is 0.132. The molecule has 0 saturated heterocycles. The molecule has 0 unspecified atom stereocenters. The van der Waals surface area contributed by atoms with Crippen molar-refractivity contribution in [3.05, 3.63) is 102 Å². The molecule has 1 aliphatic heterocycles. The van der Waals surface area contributed by atoms with Gasteiger partial charge in [0.25, 0.3) is 5.91 Å². The first-order chi connectivity index (χ1) is 16.5. The van der Waals surface area contributed by atoms with E-state index in [9.17, 15) is 9.59 Å². The number of hydrogen-bond acceptors (Lipinski definition) is 3. The number of rotatable bonds is 5. The zero-order valence-electron chi connectivity index (χ0n) is 18.5. The first-order valence-electron chi connectivity index (χ1n) is 10.9. The molecule has 3 amide bonds. The van der Waals surface area contributed by atoms with Gasteiger partial charge >= 0.3 is 6.03 Å². The number of hydrogen-bond donors (Lipinski definition) is 5. The highest BCUT2D eigenvalue weighted by Gasteiger charge is 2.24. The van der Waals surface area contributed by atoms with Crippen molar-refractivity contribution >= 4 is 52.0 Å². The quantitative estimate of drug-likeness (QED) is 0.235. The summed E-state index contributed by atoms with van der Waals surface area (Å²) in [5, 5.41) is 11.9. The number of urea groups is 1. The van der Waals surface area contributed by atoms with Gasteiger partial charge in [0, 0.05) is 40.2 Å². The van der Waals surface area contributed by atoms with Gasteiger partial charge < -0.3 is 26.3 Å². The van der Waals surface area contributed by atoms with Crippen LogP contribution in [0.25, 0.3) is 11.6 Å². The predicted octanol–water partition coefficient (Wildman–Crippen LogP) is 6.20. The number of amides is 3. The number of anilines is 5. The second kappa shape index (κ2) is 8.99. The number of aryl methyl sites for hydroxylation is 1. The lowest BCUT2D eigenvalue weighted by atomic mass is 10.1. The maximum Gasteiger partial charge on any atom is 0.323 e. The Balaban J connectivity index is 1.28. The Labute approximate surface area is 196 Å². The largest absolute Gasteiger partial charge is 0.362 e. The van der Waals surface area contributed by atoms with Crippen molar-refractivity contribution < 1.29 is 9.59 Å². The van der Waals surface area contributed by atoms with E-state index < -0.39 is 0 Å². The first kappa shape index (κ1) is 21.1. The summed E-state index contributed by atoms with van der Waals surface area (Å²) in [6.45, 7) is 1.97. The van der Waals surface area contributed by atoms with Crippen LogP contribution in [0, 0.1) is 6.92 Å². The van der Waals surface area contributed by atoms with Crippen LogP contribution in [-0.4, -0.2) is 16.9 Å². The van der Waals surface area contributed by atoms with Gasteiger partial charge in [-0.2, -0.15) is 0 Å². The average molecular weight is 450 g/mol. The summed E-state index contributed by atoms with van der Waals surface area (Å²) in [6.07, 6.45) is 3.66. The lowest BCUT2D eigenvalue weighted by Gasteiger charge is -2.11.